The lowest BCUT2D eigenvalue weighted by molar-refractivity contribution is 0.0720. The molecular weight excluding hydrogens is 404 g/mol. The van der Waals surface area contributed by atoms with Gasteiger partial charge in [-0.1, -0.05) is 18.2 Å². The normalized spacial score (nSPS) is 19.3. The summed E-state index contributed by atoms with van der Waals surface area (Å²) in [6.07, 6.45) is 5.74. The maximum atomic E-state index is 13.6. The van der Waals surface area contributed by atoms with Crippen LogP contribution in [0.5, 0.6) is 0 Å². The molecule has 0 aliphatic carbocycles. The third-order valence-electron chi connectivity index (χ3n) is 5.75. The molecule has 2 aromatic carbocycles. The molecule has 0 aromatic heterocycles. The summed E-state index contributed by atoms with van der Waals surface area (Å²) in [5, 5.41) is 0. The molecular formula is C22H26N2O3S2. The number of piperidine rings is 1. The Morgan fingerprint density at radius 2 is 1.79 bits per heavy atom. The van der Waals surface area contributed by atoms with Crippen molar-refractivity contribution in [1.82, 2.24) is 4.90 Å². The van der Waals surface area contributed by atoms with E-state index in [9.17, 15) is 13.2 Å². The highest BCUT2D eigenvalue weighted by Gasteiger charge is 2.36. The fourth-order valence-electron chi connectivity index (χ4n) is 4.30. The molecule has 0 saturated carbocycles. The molecule has 0 bridgehead atoms. The van der Waals surface area contributed by atoms with Crippen molar-refractivity contribution in [3.05, 3.63) is 53.6 Å². The van der Waals surface area contributed by atoms with E-state index in [0.29, 0.717) is 12.0 Å². The van der Waals surface area contributed by atoms with Crippen molar-refractivity contribution in [3.8, 4) is 0 Å². The number of benzene rings is 2. The van der Waals surface area contributed by atoms with Crippen molar-refractivity contribution in [2.24, 2.45) is 0 Å². The molecule has 0 radical (unpaired) electrons. The number of likely N-dealkylation sites (tertiary alicyclic amines) is 1. The number of nitrogens with zero attached hydrogens (tertiary/aromatic N) is 2. The van der Waals surface area contributed by atoms with E-state index in [0.717, 1.165) is 48.5 Å². The largest absolute Gasteiger partial charge is 0.339 e. The summed E-state index contributed by atoms with van der Waals surface area (Å²) in [5.41, 5.74) is 2.26. The number of rotatable bonds is 4. The van der Waals surface area contributed by atoms with Crippen LogP contribution < -0.4 is 4.31 Å². The van der Waals surface area contributed by atoms with E-state index >= 15 is 0 Å². The van der Waals surface area contributed by atoms with Crippen molar-refractivity contribution in [3.63, 3.8) is 0 Å². The summed E-state index contributed by atoms with van der Waals surface area (Å²) < 4.78 is 28.6. The van der Waals surface area contributed by atoms with Gasteiger partial charge in [0, 0.05) is 24.0 Å². The van der Waals surface area contributed by atoms with Crippen molar-refractivity contribution < 1.29 is 13.2 Å². The van der Waals surface area contributed by atoms with Crippen LogP contribution in [0.2, 0.25) is 0 Å². The average molecular weight is 431 g/mol. The second-order valence-electron chi connectivity index (χ2n) is 7.70. The van der Waals surface area contributed by atoms with E-state index in [2.05, 4.69) is 0 Å². The first-order valence-corrected chi connectivity index (χ1v) is 12.7. The van der Waals surface area contributed by atoms with Gasteiger partial charge in [0.2, 0.25) is 0 Å². The van der Waals surface area contributed by atoms with Gasteiger partial charge in [0.05, 0.1) is 16.1 Å². The van der Waals surface area contributed by atoms with Gasteiger partial charge in [0.15, 0.2) is 0 Å². The van der Waals surface area contributed by atoms with Gasteiger partial charge in [-0.25, -0.2) is 8.42 Å². The number of thioether (sulfide) groups is 1. The molecule has 1 saturated heterocycles. The SMILES string of the molecule is CSc1ccc(S(=O)(=O)N2c3ccccc3C[C@@H]2C)cc1C(=O)N1CCCCC1. The molecule has 2 aliphatic rings. The summed E-state index contributed by atoms with van der Waals surface area (Å²) in [6, 6.07) is 12.4. The van der Waals surface area contributed by atoms with Crippen molar-refractivity contribution in [2.45, 2.75) is 48.4 Å². The predicted octanol–water partition coefficient (Wildman–Crippen LogP) is 4.17. The summed E-state index contributed by atoms with van der Waals surface area (Å²) in [7, 11) is -3.76. The van der Waals surface area contributed by atoms with Crippen LogP contribution in [0.25, 0.3) is 0 Å². The number of hydrogen-bond acceptors (Lipinski definition) is 4. The molecule has 2 heterocycles. The van der Waals surface area contributed by atoms with Crippen LogP contribution >= 0.6 is 11.8 Å². The first-order valence-electron chi connectivity index (χ1n) is 10.0. The van der Waals surface area contributed by atoms with Crippen molar-refractivity contribution in [2.75, 3.05) is 23.7 Å². The lowest BCUT2D eigenvalue weighted by Crippen LogP contribution is -2.37. The number of fused-ring (bicyclic) bond motifs is 1. The average Bonchev–Trinajstić information content (AvgIpc) is 3.09. The fraction of sp³-hybridized carbons (Fsp3) is 0.409. The second-order valence-corrected chi connectivity index (χ2v) is 10.4. The molecule has 1 amide bonds. The zero-order valence-electron chi connectivity index (χ0n) is 16.8. The lowest BCUT2D eigenvalue weighted by Gasteiger charge is -2.28. The molecule has 0 unspecified atom stereocenters. The first-order chi connectivity index (χ1) is 13.9. The number of sulfonamides is 1. The number of hydrogen-bond donors (Lipinski definition) is 0. The molecule has 0 N–H and O–H groups in total. The van der Waals surface area contributed by atoms with Crippen molar-refractivity contribution >= 4 is 33.4 Å². The van der Waals surface area contributed by atoms with E-state index < -0.39 is 10.0 Å². The lowest BCUT2D eigenvalue weighted by atomic mass is 10.1. The molecule has 0 spiro atoms. The van der Waals surface area contributed by atoms with Gasteiger partial charge in [0.25, 0.3) is 15.9 Å². The second kappa shape index (κ2) is 8.03. The highest BCUT2D eigenvalue weighted by molar-refractivity contribution is 7.98. The maximum Gasteiger partial charge on any atom is 0.264 e. The summed E-state index contributed by atoms with van der Waals surface area (Å²) >= 11 is 1.47. The minimum atomic E-state index is -3.76. The Morgan fingerprint density at radius 3 is 2.52 bits per heavy atom. The molecule has 154 valence electrons. The number of anilines is 1. The first kappa shape index (κ1) is 20.3. The van der Waals surface area contributed by atoms with Gasteiger partial charge in [0.1, 0.15) is 0 Å². The molecule has 2 aromatic rings. The van der Waals surface area contributed by atoms with Gasteiger partial charge in [-0.05, 0) is 68.7 Å². The monoisotopic (exact) mass is 430 g/mol. The van der Waals surface area contributed by atoms with E-state index in [1.165, 1.54) is 16.1 Å². The molecule has 1 fully saturated rings. The molecule has 7 heteroatoms. The number of carbonyl (C=O) groups excluding carboxylic acids is 1. The highest BCUT2D eigenvalue weighted by Crippen LogP contribution is 2.37. The fourth-order valence-corrected chi connectivity index (χ4v) is 6.59. The van der Waals surface area contributed by atoms with Gasteiger partial charge in [-0.2, -0.15) is 0 Å². The Balaban J connectivity index is 1.74. The molecule has 4 rings (SSSR count). The van der Waals surface area contributed by atoms with Crippen molar-refractivity contribution in [1.29, 1.82) is 0 Å². The van der Waals surface area contributed by atoms with Crippen LogP contribution in [0.4, 0.5) is 5.69 Å². The molecule has 1 atom stereocenters. The van der Waals surface area contributed by atoms with Crippen LogP contribution in [-0.2, 0) is 16.4 Å². The minimum Gasteiger partial charge on any atom is -0.339 e. The van der Waals surface area contributed by atoms with Crippen LogP contribution in [0.1, 0.15) is 42.1 Å². The van der Waals surface area contributed by atoms with E-state index in [1.54, 1.807) is 18.2 Å². The van der Waals surface area contributed by atoms with Gasteiger partial charge < -0.3 is 4.90 Å². The Kier molecular flexibility index (Phi) is 5.62. The Hall–Kier alpha value is -1.99. The zero-order valence-corrected chi connectivity index (χ0v) is 18.4. The van der Waals surface area contributed by atoms with Gasteiger partial charge >= 0.3 is 0 Å². The van der Waals surface area contributed by atoms with E-state index in [1.807, 2.05) is 42.3 Å². The summed E-state index contributed by atoms with van der Waals surface area (Å²) in [5.74, 6) is -0.0685. The standard InChI is InChI=1S/C22H26N2O3S2/c1-16-14-17-8-4-5-9-20(17)24(16)29(26,27)18-10-11-21(28-2)19(15-18)22(25)23-12-6-3-7-13-23/h4-5,8-11,15-16H,3,6-7,12-14H2,1-2H3/t16-/m0/s1. The van der Waals surface area contributed by atoms with Crippen LogP contribution in [0.15, 0.2) is 52.3 Å². The smallest absolute Gasteiger partial charge is 0.264 e. The Labute approximate surface area is 177 Å². The maximum absolute atomic E-state index is 13.6. The topological polar surface area (TPSA) is 57.7 Å². The quantitative estimate of drug-likeness (QED) is 0.683. The zero-order chi connectivity index (χ0) is 20.6. The van der Waals surface area contributed by atoms with Gasteiger partial charge in [-0.3, -0.25) is 9.10 Å². The van der Waals surface area contributed by atoms with Crippen LogP contribution in [0.3, 0.4) is 0 Å². The van der Waals surface area contributed by atoms with Gasteiger partial charge in [-0.15, -0.1) is 11.8 Å². The third-order valence-corrected chi connectivity index (χ3v) is 8.47. The third kappa shape index (κ3) is 3.66. The molecule has 5 nitrogen and oxygen atoms in total. The number of carbonyl (C=O) groups is 1. The molecule has 29 heavy (non-hydrogen) atoms. The number of para-hydroxylation sites is 1. The Bertz CT molecular complexity index is 1030. The van der Waals surface area contributed by atoms with Crippen LogP contribution in [0, 0.1) is 0 Å². The van der Waals surface area contributed by atoms with E-state index in [-0.39, 0.29) is 16.8 Å². The number of amides is 1. The van der Waals surface area contributed by atoms with Crippen LogP contribution in [-0.4, -0.2) is 44.6 Å². The van der Waals surface area contributed by atoms with E-state index in [4.69, 9.17) is 0 Å². The summed E-state index contributed by atoms with van der Waals surface area (Å²) in [6.45, 7) is 3.40. The Morgan fingerprint density at radius 1 is 1.07 bits per heavy atom. The summed E-state index contributed by atoms with van der Waals surface area (Å²) in [4.78, 5) is 16.0. The highest BCUT2D eigenvalue weighted by atomic mass is 32.2. The predicted molar refractivity (Wildman–Crippen MR) is 117 cm³/mol. The molecule has 2 aliphatic heterocycles. The minimum absolute atomic E-state index is 0.0685.